The van der Waals surface area contributed by atoms with Crippen LogP contribution in [0.4, 0.5) is 5.69 Å². The summed E-state index contributed by atoms with van der Waals surface area (Å²) in [5, 5.41) is 11.5. The number of oxazole rings is 1. The van der Waals surface area contributed by atoms with Crippen molar-refractivity contribution in [1.29, 1.82) is 0 Å². The molecule has 2 rings (SSSR count). The average molecular weight is 315 g/mol. The maximum atomic E-state index is 12.0. The van der Waals surface area contributed by atoms with E-state index >= 15 is 0 Å². The number of carboxylic acid groups (broad SMARTS) is 1. The number of nitrogens with zero attached hydrogens (tertiary/aromatic N) is 1. The van der Waals surface area contributed by atoms with Crippen LogP contribution in [0, 0.1) is 6.92 Å². The monoisotopic (exact) mass is 314 g/mol. The summed E-state index contributed by atoms with van der Waals surface area (Å²) in [5.74, 6) is -1.99. The molecule has 0 aliphatic carbocycles. The van der Waals surface area contributed by atoms with E-state index in [1.165, 1.54) is 12.1 Å². The van der Waals surface area contributed by atoms with Crippen LogP contribution in [0.25, 0.3) is 0 Å². The van der Waals surface area contributed by atoms with E-state index < -0.39 is 11.9 Å². The normalized spacial score (nSPS) is 10.3. The third-order valence-corrected chi connectivity index (χ3v) is 3.14. The van der Waals surface area contributed by atoms with Crippen molar-refractivity contribution in [2.24, 2.45) is 0 Å². The zero-order valence-corrected chi connectivity index (χ0v) is 11.6. The number of hydrogen-bond donors (Lipinski definition) is 2. The minimum Gasteiger partial charge on any atom is -0.478 e. The molecule has 0 spiro atoms. The molecule has 0 radical (unpaired) electrons. The first kappa shape index (κ1) is 14.4. The first-order chi connectivity index (χ1) is 9.41. The summed E-state index contributed by atoms with van der Waals surface area (Å²) >= 11 is 11.7. The van der Waals surface area contributed by atoms with Gasteiger partial charge >= 0.3 is 5.97 Å². The summed E-state index contributed by atoms with van der Waals surface area (Å²) in [6.07, 6.45) is 1.11. The van der Waals surface area contributed by atoms with Gasteiger partial charge in [0, 0.05) is 0 Å². The lowest BCUT2D eigenvalue weighted by molar-refractivity contribution is 0.0698. The standard InChI is InChI=1S/C12H8Cl2N2O4/c1-5-10(20-4-15-5)11(17)16-9-7(14)3-2-6(13)8(9)12(18)19/h2-4H,1H3,(H,16,17)(H,18,19). The highest BCUT2D eigenvalue weighted by molar-refractivity contribution is 6.38. The Morgan fingerprint density at radius 3 is 2.50 bits per heavy atom. The van der Waals surface area contributed by atoms with Crippen LogP contribution in [0.15, 0.2) is 22.9 Å². The van der Waals surface area contributed by atoms with Gasteiger partial charge < -0.3 is 14.8 Å². The molecule has 0 atom stereocenters. The number of hydrogen-bond acceptors (Lipinski definition) is 4. The topological polar surface area (TPSA) is 92.4 Å². The summed E-state index contributed by atoms with van der Waals surface area (Å²) in [6.45, 7) is 1.58. The van der Waals surface area contributed by atoms with Crippen LogP contribution in [0.3, 0.4) is 0 Å². The van der Waals surface area contributed by atoms with Crippen molar-refractivity contribution >= 4 is 40.8 Å². The molecule has 0 bridgehead atoms. The predicted octanol–water partition coefficient (Wildman–Crippen LogP) is 3.24. The number of benzene rings is 1. The number of aromatic nitrogens is 1. The quantitative estimate of drug-likeness (QED) is 0.907. The Hall–Kier alpha value is -2.05. The molecular weight excluding hydrogens is 307 g/mol. The Labute approximate surface area is 123 Å². The van der Waals surface area contributed by atoms with Gasteiger partial charge in [0.05, 0.1) is 21.4 Å². The number of rotatable bonds is 3. The highest BCUT2D eigenvalue weighted by atomic mass is 35.5. The van der Waals surface area contributed by atoms with Gasteiger partial charge in [0.15, 0.2) is 6.39 Å². The Kier molecular flexibility index (Phi) is 3.96. The van der Waals surface area contributed by atoms with Crippen LogP contribution >= 0.6 is 23.2 Å². The molecule has 8 heteroatoms. The number of anilines is 1. The van der Waals surface area contributed by atoms with Crippen molar-refractivity contribution < 1.29 is 19.1 Å². The number of halogens is 2. The molecule has 0 unspecified atom stereocenters. The fraction of sp³-hybridized carbons (Fsp3) is 0.0833. The van der Waals surface area contributed by atoms with Crippen LogP contribution in [0.2, 0.25) is 10.0 Å². The summed E-state index contributed by atoms with van der Waals surface area (Å²) in [7, 11) is 0. The average Bonchev–Trinajstić information content (AvgIpc) is 2.79. The molecule has 0 saturated carbocycles. The zero-order valence-electron chi connectivity index (χ0n) is 10.1. The second-order valence-corrected chi connectivity index (χ2v) is 4.62. The van der Waals surface area contributed by atoms with E-state index in [1.54, 1.807) is 6.92 Å². The van der Waals surface area contributed by atoms with Crippen molar-refractivity contribution in [2.45, 2.75) is 6.92 Å². The van der Waals surface area contributed by atoms with Gasteiger partial charge in [0.1, 0.15) is 5.56 Å². The molecule has 2 N–H and O–H groups in total. The van der Waals surface area contributed by atoms with Crippen molar-refractivity contribution in [1.82, 2.24) is 4.98 Å². The van der Waals surface area contributed by atoms with Gasteiger partial charge in [-0.3, -0.25) is 4.79 Å². The summed E-state index contributed by atoms with van der Waals surface area (Å²) in [6, 6.07) is 2.72. The van der Waals surface area contributed by atoms with Gasteiger partial charge in [-0.05, 0) is 19.1 Å². The number of aryl methyl sites for hydroxylation is 1. The number of carbonyl (C=O) groups excluding carboxylic acids is 1. The second kappa shape index (κ2) is 5.52. The molecule has 1 aromatic carbocycles. The lowest BCUT2D eigenvalue weighted by Crippen LogP contribution is -2.16. The molecule has 1 heterocycles. The minimum absolute atomic E-state index is 0.0302. The molecule has 0 saturated heterocycles. The van der Waals surface area contributed by atoms with Gasteiger partial charge in [-0.25, -0.2) is 9.78 Å². The molecule has 0 aliphatic rings. The van der Waals surface area contributed by atoms with E-state index in [0.29, 0.717) is 5.69 Å². The molecule has 1 aromatic heterocycles. The van der Waals surface area contributed by atoms with E-state index in [9.17, 15) is 9.59 Å². The number of amides is 1. The Morgan fingerprint density at radius 2 is 1.95 bits per heavy atom. The van der Waals surface area contributed by atoms with Gasteiger partial charge in [-0.1, -0.05) is 23.2 Å². The third kappa shape index (κ3) is 2.61. The molecule has 104 valence electrons. The van der Waals surface area contributed by atoms with E-state index in [2.05, 4.69) is 10.3 Å². The van der Waals surface area contributed by atoms with E-state index in [4.69, 9.17) is 32.7 Å². The fourth-order valence-corrected chi connectivity index (χ4v) is 2.02. The lowest BCUT2D eigenvalue weighted by atomic mass is 10.1. The fourth-order valence-electron chi connectivity index (χ4n) is 1.57. The van der Waals surface area contributed by atoms with Crippen molar-refractivity contribution in [3.05, 3.63) is 45.6 Å². The highest BCUT2D eigenvalue weighted by Crippen LogP contribution is 2.32. The van der Waals surface area contributed by atoms with Crippen LogP contribution in [-0.2, 0) is 0 Å². The van der Waals surface area contributed by atoms with Crippen molar-refractivity contribution in [2.75, 3.05) is 5.32 Å². The third-order valence-electron chi connectivity index (χ3n) is 2.51. The van der Waals surface area contributed by atoms with Gasteiger partial charge in [-0.15, -0.1) is 0 Å². The molecule has 6 nitrogen and oxygen atoms in total. The summed E-state index contributed by atoms with van der Waals surface area (Å²) in [5.41, 5.74) is -0.00493. The van der Waals surface area contributed by atoms with Crippen molar-refractivity contribution in [3.8, 4) is 0 Å². The van der Waals surface area contributed by atoms with Gasteiger partial charge in [0.2, 0.25) is 5.76 Å². The molecule has 20 heavy (non-hydrogen) atoms. The largest absolute Gasteiger partial charge is 0.478 e. The predicted molar refractivity (Wildman–Crippen MR) is 72.6 cm³/mol. The van der Waals surface area contributed by atoms with E-state index in [1.807, 2.05) is 0 Å². The molecule has 2 aromatic rings. The smallest absolute Gasteiger partial charge is 0.339 e. The maximum absolute atomic E-state index is 12.0. The molecular formula is C12H8Cl2N2O4. The highest BCUT2D eigenvalue weighted by Gasteiger charge is 2.22. The minimum atomic E-state index is -1.30. The molecule has 0 fully saturated rings. The van der Waals surface area contributed by atoms with Crippen LogP contribution in [0.1, 0.15) is 26.6 Å². The van der Waals surface area contributed by atoms with Crippen LogP contribution in [-0.4, -0.2) is 22.0 Å². The van der Waals surface area contributed by atoms with Crippen molar-refractivity contribution in [3.63, 3.8) is 0 Å². The first-order valence-electron chi connectivity index (χ1n) is 5.34. The Morgan fingerprint density at radius 1 is 1.30 bits per heavy atom. The van der Waals surface area contributed by atoms with E-state index in [-0.39, 0.29) is 27.1 Å². The SMILES string of the molecule is Cc1ncoc1C(=O)Nc1c(Cl)ccc(Cl)c1C(=O)O. The van der Waals surface area contributed by atoms with Gasteiger partial charge in [-0.2, -0.15) is 0 Å². The summed E-state index contributed by atoms with van der Waals surface area (Å²) < 4.78 is 4.92. The zero-order chi connectivity index (χ0) is 14.9. The first-order valence-corrected chi connectivity index (χ1v) is 6.10. The van der Waals surface area contributed by atoms with E-state index in [0.717, 1.165) is 6.39 Å². The number of aromatic carboxylic acids is 1. The number of carbonyl (C=O) groups is 2. The molecule has 1 amide bonds. The molecule has 0 aliphatic heterocycles. The Bertz CT molecular complexity index is 697. The summed E-state index contributed by atoms with van der Waals surface area (Å²) in [4.78, 5) is 27.0. The van der Waals surface area contributed by atoms with Crippen LogP contribution in [0.5, 0.6) is 0 Å². The lowest BCUT2D eigenvalue weighted by Gasteiger charge is -2.10. The number of carboxylic acids is 1. The van der Waals surface area contributed by atoms with Gasteiger partial charge in [0.25, 0.3) is 5.91 Å². The maximum Gasteiger partial charge on any atom is 0.339 e. The second-order valence-electron chi connectivity index (χ2n) is 3.81. The number of nitrogens with one attached hydrogen (secondary N) is 1. The van der Waals surface area contributed by atoms with Crippen LogP contribution < -0.4 is 5.32 Å². The Balaban J connectivity index is 2.44.